The van der Waals surface area contributed by atoms with E-state index in [2.05, 4.69) is 22.1 Å². The molecular formula is C22H16N2O2. The van der Waals surface area contributed by atoms with Gasteiger partial charge in [0.25, 0.3) is 0 Å². The lowest BCUT2D eigenvalue weighted by Crippen LogP contribution is -2.20. The quantitative estimate of drug-likeness (QED) is 0.717. The van der Waals surface area contributed by atoms with Crippen molar-refractivity contribution in [3.63, 3.8) is 0 Å². The van der Waals surface area contributed by atoms with Crippen LogP contribution in [0.2, 0.25) is 0 Å². The van der Waals surface area contributed by atoms with Crippen molar-refractivity contribution >= 4 is 6.09 Å². The van der Waals surface area contributed by atoms with Gasteiger partial charge in [0, 0.05) is 5.56 Å². The number of benzene rings is 2. The molecule has 4 nitrogen and oxygen atoms in total. The highest BCUT2D eigenvalue weighted by Crippen LogP contribution is 2.35. The van der Waals surface area contributed by atoms with E-state index in [-0.39, 0.29) is 6.04 Å². The molecule has 2 atom stereocenters. The Hall–Kier alpha value is -3.58. The van der Waals surface area contributed by atoms with E-state index < -0.39 is 12.2 Å². The van der Waals surface area contributed by atoms with Crippen molar-refractivity contribution in [2.24, 2.45) is 0 Å². The standard InChI is InChI=1S/C22H16N2O2/c25-22-24-20(21(26-22)17-10-5-2-6-11-17)19-13-7-12-18(23-19)15-14-16-8-3-1-4-9-16/h1-13,20-21H,(H,24,25)/t20-,21-/m0/s1. The summed E-state index contributed by atoms with van der Waals surface area (Å²) in [5.74, 6) is 6.18. The number of cyclic esters (lactones) is 1. The van der Waals surface area contributed by atoms with Crippen LogP contribution in [0.15, 0.2) is 78.9 Å². The molecule has 1 aromatic heterocycles. The van der Waals surface area contributed by atoms with Crippen LogP contribution in [0.1, 0.15) is 34.7 Å². The van der Waals surface area contributed by atoms with Gasteiger partial charge in [-0.3, -0.25) is 0 Å². The summed E-state index contributed by atoms with van der Waals surface area (Å²) < 4.78 is 5.46. The van der Waals surface area contributed by atoms with E-state index >= 15 is 0 Å². The Kier molecular flexibility index (Phi) is 4.36. The zero-order valence-electron chi connectivity index (χ0n) is 13.9. The van der Waals surface area contributed by atoms with Crippen molar-refractivity contribution < 1.29 is 9.53 Å². The summed E-state index contributed by atoms with van der Waals surface area (Å²) in [4.78, 5) is 16.4. The first-order valence-electron chi connectivity index (χ1n) is 8.36. The third-order valence-electron chi connectivity index (χ3n) is 4.14. The Morgan fingerprint density at radius 2 is 1.58 bits per heavy atom. The minimum atomic E-state index is -0.438. The molecule has 0 saturated carbocycles. The van der Waals surface area contributed by atoms with Crippen molar-refractivity contribution in [1.82, 2.24) is 10.3 Å². The van der Waals surface area contributed by atoms with Crippen molar-refractivity contribution in [3.05, 3.63) is 101 Å². The summed E-state index contributed by atoms with van der Waals surface area (Å²) in [6.45, 7) is 0. The molecule has 0 unspecified atom stereocenters. The highest BCUT2D eigenvalue weighted by molar-refractivity contribution is 5.71. The van der Waals surface area contributed by atoms with Crippen molar-refractivity contribution in [2.75, 3.05) is 0 Å². The van der Waals surface area contributed by atoms with Gasteiger partial charge in [0.1, 0.15) is 11.7 Å². The zero-order valence-corrected chi connectivity index (χ0v) is 13.9. The van der Waals surface area contributed by atoms with E-state index in [0.717, 1.165) is 16.8 Å². The number of nitrogens with zero attached hydrogens (tertiary/aromatic N) is 1. The second-order valence-corrected chi connectivity index (χ2v) is 5.92. The number of carbonyl (C=O) groups is 1. The second kappa shape index (κ2) is 7.12. The van der Waals surface area contributed by atoms with Gasteiger partial charge in [0.15, 0.2) is 6.10 Å². The number of nitrogens with one attached hydrogen (secondary N) is 1. The molecule has 2 heterocycles. The average molecular weight is 340 g/mol. The number of alkyl carbamates (subject to hydrolysis) is 1. The highest BCUT2D eigenvalue weighted by atomic mass is 16.6. The first kappa shape index (κ1) is 15.9. The Morgan fingerprint density at radius 1 is 0.846 bits per heavy atom. The topological polar surface area (TPSA) is 51.2 Å². The molecule has 0 spiro atoms. The molecule has 126 valence electrons. The fourth-order valence-corrected chi connectivity index (χ4v) is 2.90. The monoisotopic (exact) mass is 340 g/mol. The predicted molar refractivity (Wildman–Crippen MR) is 98.2 cm³/mol. The first-order chi connectivity index (χ1) is 12.8. The molecule has 0 radical (unpaired) electrons. The molecule has 0 aliphatic carbocycles. The molecular weight excluding hydrogens is 324 g/mol. The smallest absolute Gasteiger partial charge is 0.408 e. The third-order valence-corrected chi connectivity index (χ3v) is 4.14. The van der Waals surface area contributed by atoms with Crippen LogP contribution in [0.4, 0.5) is 4.79 Å². The number of hydrogen-bond donors (Lipinski definition) is 1. The van der Waals surface area contributed by atoms with Crippen LogP contribution >= 0.6 is 0 Å². The lowest BCUT2D eigenvalue weighted by atomic mass is 10.00. The maximum Gasteiger partial charge on any atom is 0.408 e. The van der Waals surface area contributed by atoms with Gasteiger partial charge in [-0.25, -0.2) is 9.78 Å². The number of hydrogen-bond acceptors (Lipinski definition) is 3. The SMILES string of the molecule is O=C1N[C@@H](c2cccc(C#Cc3ccccc3)n2)[C@H](c2ccccc2)O1. The van der Waals surface area contributed by atoms with Gasteiger partial charge in [-0.1, -0.05) is 60.5 Å². The number of rotatable bonds is 2. The van der Waals surface area contributed by atoms with Gasteiger partial charge >= 0.3 is 6.09 Å². The van der Waals surface area contributed by atoms with Crippen LogP contribution in [0.5, 0.6) is 0 Å². The van der Waals surface area contributed by atoms with E-state index in [1.165, 1.54) is 0 Å². The molecule has 2 aromatic carbocycles. The van der Waals surface area contributed by atoms with Gasteiger partial charge in [0.05, 0.1) is 5.69 Å². The Balaban J connectivity index is 1.63. The second-order valence-electron chi connectivity index (χ2n) is 5.92. The molecule has 4 heteroatoms. The molecule has 1 aliphatic rings. The molecule has 1 N–H and O–H groups in total. The molecule has 0 bridgehead atoms. The Labute approximate surface area is 151 Å². The molecule has 1 fully saturated rings. The Bertz CT molecular complexity index is 975. The third kappa shape index (κ3) is 3.42. The summed E-state index contributed by atoms with van der Waals surface area (Å²) in [7, 11) is 0. The van der Waals surface area contributed by atoms with E-state index in [0.29, 0.717) is 5.69 Å². The summed E-state index contributed by atoms with van der Waals surface area (Å²) in [6.07, 6.45) is -0.847. The number of aromatic nitrogens is 1. The number of carbonyl (C=O) groups excluding carboxylic acids is 1. The van der Waals surface area contributed by atoms with Gasteiger partial charge in [-0.2, -0.15) is 0 Å². The zero-order chi connectivity index (χ0) is 17.8. The lowest BCUT2D eigenvalue weighted by Gasteiger charge is -2.16. The van der Waals surface area contributed by atoms with E-state index in [9.17, 15) is 4.79 Å². The van der Waals surface area contributed by atoms with Gasteiger partial charge in [-0.05, 0) is 35.7 Å². The maximum absolute atomic E-state index is 11.8. The molecule has 1 aliphatic heterocycles. The lowest BCUT2D eigenvalue weighted by molar-refractivity contribution is 0.132. The normalized spacial score (nSPS) is 18.4. The van der Waals surface area contributed by atoms with E-state index in [1.807, 2.05) is 78.9 Å². The first-order valence-corrected chi connectivity index (χ1v) is 8.36. The van der Waals surface area contributed by atoms with Crippen molar-refractivity contribution in [2.45, 2.75) is 12.1 Å². The van der Waals surface area contributed by atoms with Crippen LogP contribution in [0, 0.1) is 11.8 Å². The summed E-state index contributed by atoms with van der Waals surface area (Å²) in [5, 5.41) is 2.85. The molecule has 3 aromatic rings. The minimum absolute atomic E-state index is 0.344. The van der Waals surface area contributed by atoms with Gasteiger partial charge < -0.3 is 10.1 Å². The minimum Gasteiger partial charge on any atom is -0.439 e. The van der Waals surface area contributed by atoms with Crippen LogP contribution in [-0.4, -0.2) is 11.1 Å². The number of pyridine rings is 1. The summed E-state index contributed by atoms with van der Waals surface area (Å²) in [5.41, 5.74) is 3.24. The predicted octanol–water partition coefficient (Wildman–Crippen LogP) is 4.00. The summed E-state index contributed by atoms with van der Waals surface area (Å²) >= 11 is 0. The van der Waals surface area contributed by atoms with E-state index in [1.54, 1.807) is 0 Å². The molecule has 1 saturated heterocycles. The van der Waals surface area contributed by atoms with Crippen molar-refractivity contribution in [1.29, 1.82) is 0 Å². The van der Waals surface area contributed by atoms with Crippen LogP contribution in [0.3, 0.4) is 0 Å². The average Bonchev–Trinajstić information content (AvgIpc) is 3.10. The maximum atomic E-state index is 11.8. The molecule has 4 rings (SSSR count). The molecule has 1 amide bonds. The van der Waals surface area contributed by atoms with Crippen LogP contribution in [-0.2, 0) is 4.74 Å². The van der Waals surface area contributed by atoms with Crippen molar-refractivity contribution in [3.8, 4) is 11.8 Å². The largest absolute Gasteiger partial charge is 0.439 e. The number of ether oxygens (including phenoxy) is 1. The van der Waals surface area contributed by atoms with Crippen LogP contribution < -0.4 is 5.32 Å². The number of amides is 1. The van der Waals surface area contributed by atoms with Gasteiger partial charge in [-0.15, -0.1) is 0 Å². The Morgan fingerprint density at radius 3 is 2.35 bits per heavy atom. The van der Waals surface area contributed by atoms with Gasteiger partial charge in [0.2, 0.25) is 0 Å². The molecule has 26 heavy (non-hydrogen) atoms. The fraction of sp³-hybridized carbons (Fsp3) is 0.0909. The fourth-order valence-electron chi connectivity index (χ4n) is 2.90. The summed E-state index contributed by atoms with van der Waals surface area (Å²) in [6, 6.07) is 24.7. The van der Waals surface area contributed by atoms with Crippen LogP contribution in [0.25, 0.3) is 0 Å². The highest BCUT2D eigenvalue weighted by Gasteiger charge is 2.37. The van der Waals surface area contributed by atoms with E-state index in [4.69, 9.17) is 4.74 Å².